The molecule has 0 fully saturated rings. The Morgan fingerprint density at radius 3 is 2.43 bits per heavy atom. The summed E-state index contributed by atoms with van der Waals surface area (Å²) in [4.78, 5) is 27.1. The lowest BCUT2D eigenvalue weighted by Crippen LogP contribution is -3.11. The van der Waals surface area contributed by atoms with Gasteiger partial charge in [0.2, 0.25) is 0 Å². The molecule has 0 bridgehead atoms. The second-order valence-corrected chi connectivity index (χ2v) is 7.07. The number of hydrogen-bond donors (Lipinski definition) is 2. The van der Waals surface area contributed by atoms with Gasteiger partial charge in [-0.25, -0.2) is 0 Å². The van der Waals surface area contributed by atoms with Crippen molar-refractivity contribution in [2.75, 3.05) is 39.1 Å². The Kier molecular flexibility index (Phi) is 8.29. The standard InChI is InChI=1S/C21H26ClN3O3/c1-4-28-17-11-9-16(10-12-17)13-25(3)21(27)15-24(2)14-20(26)23-19-8-6-5-7-18(19)22/h5-12H,4,13-15H2,1-3H3,(H,23,26)/p+1. The first-order valence-corrected chi connectivity index (χ1v) is 9.58. The number of anilines is 1. The van der Waals surface area contributed by atoms with Crippen molar-refractivity contribution >= 4 is 29.1 Å². The molecule has 2 amide bonds. The molecule has 0 aliphatic heterocycles. The first-order valence-electron chi connectivity index (χ1n) is 9.20. The fraction of sp³-hybridized carbons (Fsp3) is 0.333. The zero-order valence-corrected chi connectivity index (χ0v) is 17.3. The molecular formula is C21H27ClN3O3+. The highest BCUT2D eigenvalue weighted by Gasteiger charge is 2.18. The van der Waals surface area contributed by atoms with Gasteiger partial charge in [-0.2, -0.15) is 0 Å². The highest BCUT2D eigenvalue weighted by Crippen LogP contribution is 2.19. The van der Waals surface area contributed by atoms with Crippen LogP contribution >= 0.6 is 11.6 Å². The van der Waals surface area contributed by atoms with Crippen molar-refractivity contribution in [2.45, 2.75) is 13.5 Å². The molecular weight excluding hydrogens is 378 g/mol. The number of para-hydroxylation sites is 1. The molecule has 0 spiro atoms. The number of benzene rings is 2. The van der Waals surface area contributed by atoms with Crippen LogP contribution in [0.5, 0.6) is 5.75 Å². The summed E-state index contributed by atoms with van der Waals surface area (Å²) in [6.07, 6.45) is 0. The number of nitrogens with one attached hydrogen (secondary N) is 2. The van der Waals surface area contributed by atoms with E-state index >= 15 is 0 Å². The van der Waals surface area contributed by atoms with E-state index in [1.165, 1.54) is 0 Å². The molecule has 0 saturated carbocycles. The molecule has 1 atom stereocenters. The molecule has 0 aliphatic carbocycles. The molecule has 0 heterocycles. The Hall–Kier alpha value is -2.57. The number of rotatable bonds is 9. The van der Waals surface area contributed by atoms with Crippen LogP contribution in [0.1, 0.15) is 12.5 Å². The van der Waals surface area contributed by atoms with E-state index < -0.39 is 0 Å². The van der Waals surface area contributed by atoms with Crippen LogP contribution in [0.25, 0.3) is 0 Å². The quantitative estimate of drug-likeness (QED) is 0.670. The molecule has 0 saturated heterocycles. The SMILES string of the molecule is CCOc1ccc(CN(C)C(=O)C[NH+](C)CC(=O)Nc2ccccc2Cl)cc1. The number of halogens is 1. The molecule has 28 heavy (non-hydrogen) atoms. The summed E-state index contributed by atoms with van der Waals surface area (Å²) in [5.41, 5.74) is 1.59. The number of carbonyl (C=O) groups is 2. The highest BCUT2D eigenvalue weighted by atomic mass is 35.5. The van der Waals surface area contributed by atoms with Gasteiger partial charge in [0.15, 0.2) is 13.1 Å². The molecule has 2 aromatic rings. The van der Waals surface area contributed by atoms with Crippen LogP contribution in [0.3, 0.4) is 0 Å². The normalized spacial score (nSPS) is 11.6. The Labute approximate surface area is 171 Å². The summed E-state index contributed by atoms with van der Waals surface area (Å²) in [5.74, 6) is 0.596. The molecule has 6 nitrogen and oxygen atoms in total. The third-order valence-corrected chi connectivity index (χ3v) is 4.47. The largest absolute Gasteiger partial charge is 0.494 e. The Balaban J connectivity index is 1.80. The fourth-order valence-corrected chi connectivity index (χ4v) is 2.89. The molecule has 2 N–H and O–H groups in total. The van der Waals surface area contributed by atoms with Gasteiger partial charge in [0.1, 0.15) is 5.75 Å². The van der Waals surface area contributed by atoms with Crippen LogP contribution in [0, 0.1) is 0 Å². The summed E-state index contributed by atoms with van der Waals surface area (Å²) >= 11 is 6.04. The monoisotopic (exact) mass is 404 g/mol. The van der Waals surface area contributed by atoms with Gasteiger partial charge in [-0.15, -0.1) is 0 Å². The summed E-state index contributed by atoms with van der Waals surface area (Å²) in [7, 11) is 3.57. The Morgan fingerprint density at radius 2 is 1.79 bits per heavy atom. The second-order valence-electron chi connectivity index (χ2n) is 6.67. The van der Waals surface area contributed by atoms with Crippen LogP contribution < -0.4 is 15.0 Å². The van der Waals surface area contributed by atoms with E-state index in [1.54, 1.807) is 36.2 Å². The summed E-state index contributed by atoms with van der Waals surface area (Å²) in [6.45, 7) is 3.46. The minimum absolute atomic E-state index is 0.0306. The second kappa shape index (κ2) is 10.7. The third-order valence-electron chi connectivity index (χ3n) is 4.14. The summed E-state index contributed by atoms with van der Waals surface area (Å²) < 4.78 is 5.42. The summed E-state index contributed by atoms with van der Waals surface area (Å²) in [5, 5.41) is 3.26. The zero-order valence-electron chi connectivity index (χ0n) is 16.5. The maximum absolute atomic E-state index is 12.4. The van der Waals surface area contributed by atoms with Crippen LogP contribution in [-0.2, 0) is 16.1 Å². The first-order chi connectivity index (χ1) is 13.4. The van der Waals surface area contributed by atoms with Crippen molar-refractivity contribution in [3.05, 3.63) is 59.1 Å². The van der Waals surface area contributed by atoms with Crippen LogP contribution in [0.15, 0.2) is 48.5 Å². The number of hydrogen-bond acceptors (Lipinski definition) is 3. The summed E-state index contributed by atoms with van der Waals surface area (Å²) in [6, 6.07) is 14.7. The number of amides is 2. The van der Waals surface area contributed by atoms with E-state index in [-0.39, 0.29) is 24.9 Å². The van der Waals surface area contributed by atoms with Crippen molar-refractivity contribution in [3.8, 4) is 5.75 Å². The lowest BCUT2D eigenvalue weighted by Gasteiger charge is -2.20. The molecule has 150 valence electrons. The van der Waals surface area contributed by atoms with E-state index in [1.807, 2.05) is 38.2 Å². The maximum Gasteiger partial charge on any atom is 0.279 e. The van der Waals surface area contributed by atoms with Gasteiger partial charge in [0.25, 0.3) is 11.8 Å². The molecule has 0 aromatic heterocycles. The first kappa shape index (κ1) is 21.7. The van der Waals surface area contributed by atoms with Gasteiger partial charge >= 0.3 is 0 Å². The van der Waals surface area contributed by atoms with Crippen LogP contribution in [0.2, 0.25) is 5.02 Å². The predicted molar refractivity (Wildman–Crippen MR) is 111 cm³/mol. The molecule has 7 heteroatoms. The average molecular weight is 405 g/mol. The lowest BCUT2D eigenvalue weighted by molar-refractivity contribution is -0.862. The van der Waals surface area contributed by atoms with Gasteiger partial charge in [0.05, 0.1) is 24.4 Å². The van der Waals surface area contributed by atoms with Crippen molar-refractivity contribution in [3.63, 3.8) is 0 Å². The van der Waals surface area contributed by atoms with Gasteiger partial charge in [-0.3, -0.25) is 9.59 Å². The smallest absolute Gasteiger partial charge is 0.279 e. The van der Waals surface area contributed by atoms with Crippen LogP contribution in [0.4, 0.5) is 5.69 Å². The highest BCUT2D eigenvalue weighted by molar-refractivity contribution is 6.33. The topological polar surface area (TPSA) is 63.1 Å². The zero-order chi connectivity index (χ0) is 20.5. The fourth-order valence-electron chi connectivity index (χ4n) is 2.71. The molecule has 0 radical (unpaired) electrons. The molecule has 1 unspecified atom stereocenters. The van der Waals surface area contributed by atoms with Gasteiger partial charge in [0, 0.05) is 13.6 Å². The van der Waals surface area contributed by atoms with E-state index in [4.69, 9.17) is 16.3 Å². The van der Waals surface area contributed by atoms with Gasteiger partial charge in [-0.05, 0) is 36.8 Å². The minimum Gasteiger partial charge on any atom is -0.494 e. The lowest BCUT2D eigenvalue weighted by atomic mass is 10.2. The van der Waals surface area contributed by atoms with E-state index in [9.17, 15) is 9.59 Å². The number of likely N-dealkylation sites (N-methyl/N-ethyl adjacent to an activating group) is 2. The molecule has 2 rings (SSSR count). The number of nitrogens with zero attached hydrogens (tertiary/aromatic N) is 1. The van der Waals surface area contributed by atoms with Gasteiger partial charge < -0.3 is 19.9 Å². The van der Waals surface area contributed by atoms with Crippen molar-refractivity contribution in [2.24, 2.45) is 0 Å². The van der Waals surface area contributed by atoms with Crippen LogP contribution in [-0.4, -0.2) is 50.5 Å². The van der Waals surface area contributed by atoms with E-state index in [2.05, 4.69) is 5.32 Å². The van der Waals surface area contributed by atoms with Crippen molar-refractivity contribution in [1.82, 2.24) is 4.90 Å². The number of ether oxygens (including phenoxy) is 1. The van der Waals surface area contributed by atoms with Gasteiger partial charge in [-0.1, -0.05) is 35.9 Å². The molecule has 2 aromatic carbocycles. The van der Waals surface area contributed by atoms with E-state index in [0.717, 1.165) is 16.2 Å². The predicted octanol–water partition coefficient (Wildman–Crippen LogP) is 1.85. The van der Waals surface area contributed by atoms with Crippen molar-refractivity contribution < 1.29 is 19.2 Å². The Bertz CT molecular complexity index is 796. The number of quaternary nitrogens is 1. The minimum atomic E-state index is -0.187. The molecule has 0 aliphatic rings. The third kappa shape index (κ3) is 6.87. The number of carbonyl (C=O) groups excluding carboxylic acids is 2. The maximum atomic E-state index is 12.4. The van der Waals surface area contributed by atoms with E-state index in [0.29, 0.717) is 23.9 Å². The Morgan fingerprint density at radius 1 is 1.11 bits per heavy atom. The van der Waals surface area contributed by atoms with Crippen molar-refractivity contribution in [1.29, 1.82) is 0 Å². The average Bonchev–Trinajstić information content (AvgIpc) is 2.65.